The molecule has 1 unspecified atom stereocenters. The van der Waals surface area contributed by atoms with E-state index in [9.17, 15) is 14.3 Å². The number of methoxy groups -OCH3 is 1. The third-order valence-corrected chi connectivity index (χ3v) is 3.38. The van der Waals surface area contributed by atoms with Crippen LogP contribution in [0.1, 0.15) is 22.0 Å². The van der Waals surface area contributed by atoms with Crippen molar-refractivity contribution in [3.63, 3.8) is 0 Å². The number of aliphatic hydroxyl groups excluding tert-OH is 1. The number of nitrogens with one attached hydrogen (secondary N) is 1. The van der Waals surface area contributed by atoms with Gasteiger partial charge in [-0.1, -0.05) is 23.7 Å². The highest BCUT2D eigenvalue weighted by Crippen LogP contribution is 2.18. The smallest absolute Gasteiger partial charge is 0.251 e. The van der Waals surface area contributed by atoms with E-state index in [1.54, 1.807) is 24.3 Å². The summed E-state index contributed by atoms with van der Waals surface area (Å²) in [5, 5.41) is 13.1. The molecule has 116 valence electrons. The molecule has 0 bridgehead atoms. The van der Waals surface area contributed by atoms with Crippen LogP contribution in [0, 0.1) is 5.82 Å². The van der Waals surface area contributed by atoms with Gasteiger partial charge in [0.25, 0.3) is 5.91 Å². The van der Waals surface area contributed by atoms with Crippen molar-refractivity contribution in [1.82, 2.24) is 5.32 Å². The summed E-state index contributed by atoms with van der Waals surface area (Å²) in [7, 11) is 1.35. The fraction of sp³-hybridized carbons (Fsp3) is 0.188. The van der Waals surface area contributed by atoms with Crippen molar-refractivity contribution in [2.24, 2.45) is 0 Å². The van der Waals surface area contributed by atoms with Crippen molar-refractivity contribution in [1.29, 1.82) is 0 Å². The van der Waals surface area contributed by atoms with Crippen molar-refractivity contribution in [3.05, 3.63) is 64.4 Å². The average molecular weight is 324 g/mol. The highest BCUT2D eigenvalue weighted by Gasteiger charge is 2.13. The first kappa shape index (κ1) is 16.3. The van der Waals surface area contributed by atoms with Crippen LogP contribution in [0.5, 0.6) is 5.75 Å². The maximum atomic E-state index is 13.5. The molecular weight excluding hydrogens is 309 g/mol. The number of amides is 1. The minimum atomic E-state index is -0.871. The van der Waals surface area contributed by atoms with Gasteiger partial charge in [-0.3, -0.25) is 4.79 Å². The van der Waals surface area contributed by atoms with Crippen molar-refractivity contribution < 1.29 is 19.0 Å². The number of carbonyl (C=O) groups excluding carboxylic acids is 1. The molecule has 0 fully saturated rings. The normalized spacial score (nSPS) is 11.8. The lowest BCUT2D eigenvalue weighted by atomic mass is 10.1. The molecule has 0 heterocycles. The molecule has 0 saturated heterocycles. The number of ether oxygens (including phenoxy) is 1. The monoisotopic (exact) mass is 323 g/mol. The fourth-order valence-electron chi connectivity index (χ4n) is 1.90. The van der Waals surface area contributed by atoms with E-state index in [-0.39, 0.29) is 17.9 Å². The molecule has 0 aliphatic carbocycles. The third kappa shape index (κ3) is 3.96. The van der Waals surface area contributed by atoms with E-state index in [2.05, 4.69) is 5.32 Å². The molecule has 0 saturated carbocycles. The molecule has 22 heavy (non-hydrogen) atoms. The first-order chi connectivity index (χ1) is 10.5. The van der Waals surface area contributed by atoms with Gasteiger partial charge in [-0.2, -0.15) is 0 Å². The van der Waals surface area contributed by atoms with E-state index in [1.807, 2.05) is 0 Å². The molecule has 4 nitrogen and oxygen atoms in total. The Morgan fingerprint density at radius 3 is 2.59 bits per heavy atom. The van der Waals surface area contributed by atoms with E-state index in [0.717, 1.165) is 6.07 Å². The summed E-state index contributed by atoms with van der Waals surface area (Å²) in [4.78, 5) is 11.9. The van der Waals surface area contributed by atoms with Crippen LogP contribution in [0.3, 0.4) is 0 Å². The molecule has 2 aromatic carbocycles. The van der Waals surface area contributed by atoms with Gasteiger partial charge >= 0.3 is 0 Å². The number of hydrogen-bond donors (Lipinski definition) is 2. The van der Waals surface area contributed by atoms with E-state index >= 15 is 0 Å². The molecule has 0 spiro atoms. The lowest BCUT2D eigenvalue weighted by molar-refractivity contribution is 0.0916. The SMILES string of the molecule is COc1ccc(C(=O)NCC(O)c2ccc(Cl)cc2)cc1F. The maximum Gasteiger partial charge on any atom is 0.251 e. The predicted octanol–water partition coefficient (Wildman–Crippen LogP) is 2.95. The zero-order valence-electron chi connectivity index (χ0n) is 11.8. The minimum absolute atomic E-state index is 0.00805. The summed E-state index contributed by atoms with van der Waals surface area (Å²) in [6.07, 6.45) is -0.871. The standard InChI is InChI=1S/C16H15ClFNO3/c1-22-15-7-4-11(8-13(15)18)16(21)19-9-14(20)10-2-5-12(17)6-3-10/h2-8,14,20H,9H2,1H3,(H,19,21). The lowest BCUT2D eigenvalue weighted by Gasteiger charge is -2.12. The van der Waals surface area contributed by atoms with Crippen LogP contribution in [0.15, 0.2) is 42.5 Å². The molecule has 0 aromatic heterocycles. The van der Waals surface area contributed by atoms with Crippen LogP contribution in [0.2, 0.25) is 5.02 Å². The van der Waals surface area contributed by atoms with Gasteiger partial charge in [-0.25, -0.2) is 4.39 Å². The van der Waals surface area contributed by atoms with Crippen LogP contribution < -0.4 is 10.1 Å². The predicted molar refractivity (Wildman–Crippen MR) is 81.7 cm³/mol. The average Bonchev–Trinajstić information content (AvgIpc) is 2.52. The van der Waals surface area contributed by atoms with Crippen molar-refractivity contribution >= 4 is 17.5 Å². The Balaban J connectivity index is 1.97. The third-order valence-electron chi connectivity index (χ3n) is 3.12. The lowest BCUT2D eigenvalue weighted by Crippen LogP contribution is -2.28. The first-order valence-electron chi connectivity index (χ1n) is 6.56. The topological polar surface area (TPSA) is 58.6 Å². The molecule has 0 radical (unpaired) electrons. The van der Waals surface area contributed by atoms with Gasteiger partial charge in [-0.05, 0) is 35.9 Å². The molecular formula is C16H15ClFNO3. The van der Waals surface area contributed by atoms with Crippen molar-refractivity contribution in [3.8, 4) is 5.75 Å². The van der Waals surface area contributed by atoms with Crippen molar-refractivity contribution in [2.45, 2.75) is 6.10 Å². The Hall–Kier alpha value is -2.11. The van der Waals surface area contributed by atoms with E-state index in [1.165, 1.54) is 19.2 Å². The second kappa shape index (κ2) is 7.24. The molecule has 0 aliphatic rings. The summed E-state index contributed by atoms with van der Waals surface area (Å²) in [6, 6.07) is 10.6. The van der Waals surface area contributed by atoms with Gasteiger partial charge in [0.15, 0.2) is 11.6 Å². The molecule has 1 atom stereocenters. The molecule has 2 aromatic rings. The maximum absolute atomic E-state index is 13.5. The minimum Gasteiger partial charge on any atom is -0.494 e. The highest BCUT2D eigenvalue weighted by molar-refractivity contribution is 6.30. The van der Waals surface area contributed by atoms with Crippen LogP contribution in [0.25, 0.3) is 0 Å². The Kier molecular flexibility index (Phi) is 5.35. The number of benzene rings is 2. The summed E-state index contributed by atoms with van der Waals surface area (Å²) in [5.74, 6) is -1.03. The second-order valence-corrected chi connectivity index (χ2v) is 5.06. The Morgan fingerprint density at radius 1 is 1.32 bits per heavy atom. The summed E-state index contributed by atoms with van der Waals surface area (Å²) in [5.41, 5.74) is 0.784. The molecule has 1 amide bonds. The first-order valence-corrected chi connectivity index (χ1v) is 6.94. The quantitative estimate of drug-likeness (QED) is 0.889. The van der Waals surface area contributed by atoms with Crippen LogP contribution >= 0.6 is 11.6 Å². The summed E-state index contributed by atoms with van der Waals surface area (Å²) >= 11 is 5.77. The van der Waals surface area contributed by atoms with Gasteiger partial charge in [0.1, 0.15) is 0 Å². The van der Waals surface area contributed by atoms with E-state index in [4.69, 9.17) is 16.3 Å². The van der Waals surface area contributed by atoms with Crippen molar-refractivity contribution in [2.75, 3.05) is 13.7 Å². The zero-order chi connectivity index (χ0) is 16.1. The van der Waals surface area contributed by atoms with Gasteiger partial charge in [-0.15, -0.1) is 0 Å². The number of hydrogen-bond acceptors (Lipinski definition) is 3. The van der Waals surface area contributed by atoms with Crippen LogP contribution in [-0.2, 0) is 0 Å². The van der Waals surface area contributed by atoms with Crippen LogP contribution in [-0.4, -0.2) is 24.7 Å². The van der Waals surface area contributed by atoms with E-state index < -0.39 is 17.8 Å². The zero-order valence-corrected chi connectivity index (χ0v) is 12.6. The highest BCUT2D eigenvalue weighted by atomic mass is 35.5. The van der Waals surface area contributed by atoms with Gasteiger partial charge < -0.3 is 15.2 Å². The summed E-state index contributed by atoms with van der Waals surface area (Å²) in [6.45, 7) is 0.00805. The Labute approximate surface area is 132 Å². The number of halogens is 2. The number of rotatable bonds is 5. The largest absolute Gasteiger partial charge is 0.494 e. The van der Waals surface area contributed by atoms with Gasteiger partial charge in [0.05, 0.1) is 13.2 Å². The Bertz CT molecular complexity index is 661. The van der Waals surface area contributed by atoms with Gasteiger partial charge in [0, 0.05) is 17.1 Å². The number of aliphatic hydroxyl groups is 1. The van der Waals surface area contributed by atoms with Gasteiger partial charge in [0.2, 0.25) is 0 Å². The fourth-order valence-corrected chi connectivity index (χ4v) is 2.03. The molecule has 6 heteroatoms. The number of carbonyl (C=O) groups is 1. The van der Waals surface area contributed by atoms with E-state index in [0.29, 0.717) is 10.6 Å². The summed E-state index contributed by atoms with van der Waals surface area (Å²) < 4.78 is 18.3. The van der Waals surface area contributed by atoms with Crippen LogP contribution in [0.4, 0.5) is 4.39 Å². The molecule has 2 N–H and O–H groups in total. The second-order valence-electron chi connectivity index (χ2n) is 4.63. The molecule has 2 rings (SSSR count). The Morgan fingerprint density at radius 2 is 2.00 bits per heavy atom. The molecule has 0 aliphatic heterocycles.